The van der Waals surface area contributed by atoms with E-state index in [9.17, 15) is 0 Å². The number of hydrogen-bond acceptors (Lipinski definition) is 4. The van der Waals surface area contributed by atoms with Crippen LogP contribution in [0.5, 0.6) is 0 Å². The van der Waals surface area contributed by atoms with Crippen molar-refractivity contribution in [1.82, 2.24) is 15.2 Å². The molecule has 0 unspecified atom stereocenters. The summed E-state index contributed by atoms with van der Waals surface area (Å²) in [6.45, 7) is 6.74. The van der Waals surface area contributed by atoms with Gasteiger partial charge in [-0.3, -0.25) is 5.32 Å². The molecule has 0 spiro atoms. The maximum Gasteiger partial charge on any atom is 0.131 e. The molecule has 0 saturated carbocycles. The molecule has 2 aliphatic rings. The van der Waals surface area contributed by atoms with Gasteiger partial charge in [-0.1, -0.05) is 43.0 Å². The highest BCUT2D eigenvalue weighted by atomic mass is 15.1. The van der Waals surface area contributed by atoms with Crippen LogP contribution in [-0.2, 0) is 25.9 Å². The summed E-state index contributed by atoms with van der Waals surface area (Å²) >= 11 is 0. The predicted octanol–water partition coefficient (Wildman–Crippen LogP) is 4.46. The van der Waals surface area contributed by atoms with Gasteiger partial charge in [0.1, 0.15) is 5.82 Å². The summed E-state index contributed by atoms with van der Waals surface area (Å²) in [4.78, 5) is 6.73. The molecule has 2 N–H and O–H groups in total. The third-order valence-electron chi connectivity index (χ3n) is 6.02. The molecule has 0 bridgehead atoms. The van der Waals surface area contributed by atoms with Gasteiger partial charge in [0.05, 0.1) is 6.67 Å². The van der Waals surface area contributed by atoms with Crippen molar-refractivity contribution in [3.8, 4) is 0 Å². The van der Waals surface area contributed by atoms with E-state index < -0.39 is 0 Å². The third-order valence-corrected chi connectivity index (χ3v) is 6.02. The van der Waals surface area contributed by atoms with Gasteiger partial charge >= 0.3 is 0 Å². The monoisotopic (exact) mass is 382 g/mol. The molecule has 146 valence electrons. The molecule has 1 aliphatic heterocycles. The largest absolute Gasteiger partial charge is 0.371 e. The summed E-state index contributed by atoms with van der Waals surface area (Å²) in [6, 6.07) is 13.5. The average molecular weight is 383 g/mol. The van der Waals surface area contributed by atoms with Crippen molar-refractivity contribution in [2.45, 2.75) is 25.9 Å². The first-order valence-corrected chi connectivity index (χ1v) is 10.2. The number of benzene rings is 2. The van der Waals surface area contributed by atoms with Gasteiger partial charge in [-0.25, -0.2) is 4.98 Å². The molecule has 3 aromatic rings. The normalized spacial score (nSPS) is 14.8. The number of pyridine rings is 1. The van der Waals surface area contributed by atoms with Crippen LogP contribution in [-0.4, -0.2) is 23.6 Å². The quantitative estimate of drug-likeness (QED) is 0.639. The van der Waals surface area contributed by atoms with E-state index in [2.05, 4.69) is 82.7 Å². The van der Waals surface area contributed by atoms with Crippen LogP contribution >= 0.6 is 0 Å². The molecule has 1 aliphatic carbocycles. The Balaban J connectivity index is 1.33. The van der Waals surface area contributed by atoms with Crippen LogP contribution < -0.4 is 10.6 Å². The summed E-state index contributed by atoms with van der Waals surface area (Å²) in [6.07, 6.45) is 8.41. The molecule has 5 rings (SSSR count). The summed E-state index contributed by atoms with van der Waals surface area (Å²) < 4.78 is 0. The number of aryl methyl sites for hydroxylation is 2. The molecule has 4 nitrogen and oxygen atoms in total. The molecule has 0 radical (unpaired) electrons. The lowest BCUT2D eigenvalue weighted by Crippen LogP contribution is -2.28. The van der Waals surface area contributed by atoms with Crippen molar-refractivity contribution in [2.24, 2.45) is 0 Å². The van der Waals surface area contributed by atoms with E-state index in [0.717, 1.165) is 36.8 Å². The fourth-order valence-corrected chi connectivity index (χ4v) is 4.38. The van der Waals surface area contributed by atoms with E-state index >= 15 is 0 Å². The van der Waals surface area contributed by atoms with E-state index in [-0.39, 0.29) is 0 Å². The molecule has 29 heavy (non-hydrogen) atoms. The number of nitrogens with one attached hydrogen (secondary N) is 2. The Morgan fingerprint density at radius 3 is 2.93 bits per heavy atom. The minimum Gasteiger partial charge on any atom is -0.371 e. The van der Waals surface area contributed by atoms with Crippen LogP contribution in [0.15, 0.2) is 60.9 Å². The number of fused-ring (bicyclic) bond motifs is 1. The zero-order chi connectivity index (χ0) is 19.8. The Hall–Kier alpha value is -3.11. The molecule has 0 saturated heterocycles. The molecule has 2 aromatic carbocycles. The van der Waals surface area contributed by atoms with Crippen LogP contribution in [0.1, 0.15) is 27.8 Å². The van der Waals surface area contributed by atoms with Crippen molar-refractivity contribution in [3.63, 3.8) is 0 Å². The fraction of sp³-hybridized carbons (Fsp3) is 0.240. The van der Waals surface area contributed by atoms with Crippen molar-refractivity contribution in [3.05, 3.63) is 88.8 Å². The van der Waals surface area contributed by atoms with Gasteiger partial charge in [0.2, 0.25) is 0 Å². The molecular weight excluding hydrogens is 356 g/mol. The highest BCUT2D eigenvalue weighted by Crippen LogP contribution is 2.33. The van der Waals surface area contributed by atoms with Crippen LogP contribution in [0, 0.1) is 0 Å². The van der Waals surface area contributed by atoms with Crippen molar-refractivity contribution in [2.75, 3.05) is 19.0 Å². The maximum atomic E-state index is 4.52. The number of hydrogen-bond donors (Lipinski definition) is 2. The first-order chi connectivity index (χ1) is 14.2. The van der Waals surface area contributed by atoms with Gasteiger partial charge in [0.15, 0.2) is 0 Å². The van der Waals surface area contributed by atoms with E-state index in [1.807, 2.05) is 6.20 Å². The van der Waals surface area contributed by atoms with Crippen LogP contribution in [0.25, 0.3) is 16.8 Å². The fourth-order valence-electron chi connectivity index (χ4n) is 4.38. The number of allylic oxidation sites excluding steroid dienone is 1. The van der Waals surface area contributed by atoms with Crippen LogP contribution in [0.4, 0.5) is 5.82 Å². The van der Waals surface area contributed by atoms with E-state index in [0.29, 0.717) is 0 Å². The topological polar surface area (TPSA) is 40.2 Å². The van der Waals surface area contributed by atoms with E-state index in [4.69, 9.17) is 0 Å². The molecule has 0 fully saturated rings. The standard InChI is InChI=1S/C25H26N4/c1-17(6-7-18-12-22-14-26-16-28-25(22)27-13-18)29(2)15-21-11-10-20-9-8-19-4-3-5-23(21)24(19)20/h3-7,10-13,26H,1,8-9,14-16H2,2H3,(H,27,28)/b7-6+. The van der Waals surface area contributed by atoms with Crippen molar-refractivity contribution < 1.29 is 0 Å². The van der Waals surface area contributed by atoms with Crippen LogP contribution in [0.2, 0.25) is 0 Å². The highest BCUT2D eigenvalue weighted by Gasteiger charge is 2.16. The van der Waals surface area contributed by atoms with Gasteiger partial charge in [0.25, 0.3) is 0 Å². The third kappa shape index (κ3) is 3.40. The molecule has 1 aromatic heterocycles. The lowest BCUT2D eigenvalue weighted by Gasteiger charge is -2.21. The minimum atomic E-state index is 0.772. The summed E-state index contributed by atoms with van der Waals surface area (Å²) in [7, 11) is 2.11. The molecular formula is C25H26N4. The summed E-state index contributed by atoms with van der Waals surface area (Å²) in [5.41, 5.74) is 7.62. The molecule has 0 atom stereocenters. The molecule has 0 amide bonds. The average Bonchev–Trinajstić information content (AvgIpc) is 3.18. The highest BCUT2D eigenvalue weighted by molar-refractivity contribution is 5.93. The number of likely N-dealkylation sites (N-methyl/N-ethyl adjacent to an activating group) is 1. The second-order valence-corrected chi connectivity index (χ2v) is 7.96. The second kappa shape index (κ2) is 7.37. The molecule has 2 heterocycles. The second-order valence-electron chi connectivity index (χ2n) is 7.96. The van der Waals surface area contributed by atoms with Gasteiger partial charge in [-0.05, 0) is 58.0 Å². The lowest BCUT2D eigenvalue weighted by molar-refractivity contribution is 0.428. The van der Waals surface area contributed by atoms with Crippen molar-refractivity contribution >= 4 is 22.7 Å². The summed E-state index contributed by atoms with van der Waals surface area (Å²) in [5, 5.41) is 9.42. The Labute approximate surface area is 172 Å². The number of aromatic nitrogens is 1. The van der Waals surface area contributed by atoms with Gasteiger partial charge in [-0.2, -0.15) is 0 Å². The number of rotatable bonds is 5. The first kappa shape index (κ1) is 18.0. The Bertz CT molecular complexity index is 1120. The van der Waals surface area contributed by atoms with Gasteiger partial charge < -0.3 is 10.2 Å². The maximum absolute atomic E-state index is 4.52. The van der Waals surface area contributed by atoms with Crippen LogP contribution in [0.3, 0.4) is 0 Å². The van der Waals surface area contributed by atoms with Gasteiger partial charge in [-0.15, -0.1) is 0 Å². The number of anilines is 1. The van der Waals surface area contributed by atoms with E-state index in [1.165, 1.54) is 45.9 Å². The van der Waals surface area contributed by atoms with Gasteiger partial charge in [0, 0.05) is 37.6 Å². The zero-order valence-corrected chi connectivity index (χ0v) is 16.8. The number of nitrogens with zero attached hydrogens (tertiary/aromatic N) is 2. The SMILES string of the molecule is C=C(/C=C/c1cnc2c(c1)CNCN2)N(C)Cc1ccc2c3c(cccc13)CC2. The smallest absolute Gasteiger partial charge is 0.131 e. The van der Waals surface area contributed by atoms with E-state index in [1.54, 1.807) is 0 Å². The minimum absolute atomic E-state index is 0.772. The Morgan fingerprint density at radius 1 is 1.17 bits per heavy atom. The molecule has 4 heteroatoms. The Kier molecular flexibility index (Phi) is 4.57. The summed E-state index contributed by atoms with van der Waals surface area (Å²) in [5.74, 6) is 0.976. The Morgan fingerprint density at radius 2 is 2.03 bits per heavy atom. The first-order valence-electron chi connectivity index (χ1n) is 10.2. The lowest BCUT2D eigenvalue weighted by atomic mass is 9.99. The zero-order valence-electron chi connectivity index (χ0n) is 16.8. The van der Waals surface area contributed by atoms with Crippen molar-refractivity contribution in [1.29, 1.82) is 0 Å². The predicted molar refractivity (Wildman–Crippen MR) is 121 cm³/mol.